The molecule has 1 aromatic rings. The molecule has 0 saturated carbocycles. The van der Waals surface area contributed by atoms with E-state index in [0.717, 1.165) is 0 Å². The van der Waals surface area contributed by atoms with Crippen molar-refractivity contribution < 1.29 is 19.1 Å². The topological polar surface area (TPSA) is 65.5 Å². The predicted octanol–water partition coefficient (Wildman–Crippen LogP) is 2.53. The van der Waals surface area contributed by atoms with Gasteiger partial charge in [0.05, 0.1) is 23.9 Å². The fraction of sp³-hybridized carbons (Fsp3) is 0.462. The minimum absolute atomic E-state index is 0.129. The van der Waals surface area contributed by atoms with Crippen LogP contribution in [0.3, 0.4) is 0 Å². The maximum absolute atomic E-state index is 12.2. The van der Waals surface area contributed by atoms with Gasteiger partial charge in [-0.2, -0.15) is 0 Å². The van der Waals surface area contributed by atoms with Crippen LogP contribution in [0.4, 0.5) is 0 Å². The van der Waals surface area contributed by atoms with E-state index in [-0.39, 0.29) is 23.9 Å². The molecule has 0 aliphatic carbocycles. The third-order valence-corrected chi connectivity index (χ3v) is 3.33. The molecule has 0 amide bonds. The Morgan fingerprint density at radius 2 is 2.20 bits per heavy atom. The van der Waals surface area contributed by atoms with Crippen LogP contribution in [-0.4, -0.2) is 37.1 Å². The predicted molar refractivity (Wildman–Crippen MR) is 77.8 cm³/mol. The van der Waals surface area contributed by atoms with Gasteiger partial charge in [-0.05, 0) is 35.8 Å². The van der Waals surface area contributed by atoms with Gasteiger partial charge in [0, 0.05) is 17.3 Å². The molecule has 7 heteroatoms. The zero-order chi connectivity index (χ0) is 15.2. The summed E-state index contributed by atoms with van der Waals surface area (Å²) in [7, 11) is 0. The zero-order valence-electron chi connectivity index (χ0n) is 11.2. The summed E-state index contributed by atoms with van der Waals surface area (Å²) in [4.78, 5) is 27.9. The van der Waals surface area contributed by atoms with Crippen LogP contribution >= 0.6 is 27.5 Å². The maximum atomic E-state index is 12.2. The van der Waals surface area contributed by atoms with Crippen molar-refractivity contribution in [2.75, 3.05) is 19.8 Å². The van der Waals surface area contributed by atoms with Crippen molar-refractivity contribution in [1.82, 2.24) is 4.98 Å². The molecule has 0 aliphatic heterocycles. The van der Waals surface area contributed by atoms with Crippen LogP contribution in [0.1, 0.15) is 19.5 Å². The van der Waals surface area contributed by atoms with E-state index in [9.17, 15) is 9.59 Å². The van der Waals surface area contributed by atoms with Crippen molar-refractivity contribution in [2.24, 2.45) is 0 Å². The highest BCUT2D eigenvalue weighted by Crippen LogP contribution is 2.30. The Labute approximate surface area is 130 Å². The van der Waals surface area contributed by atoms with Gasteiger partial charge in [0.15, 0.2) is 5.41 Å². The fourth-order valence-corrected chi connectivity index (χ4v) is 2.43. The van der Waals surface area contributed by atoms with Gasteiger partial charge in [0.25, 0.3) is 0 Å². The number of aromatic nitrogens is 1. The van der Waals surface area contributed by atoms with Gasteiger partial charge in [-0.15, -0.1) is 0 Å². The number of pyridine rings is 1. The monoisotopic (exact) mass is 363 g/mol. The molecule has 0 radical (unpaired) electrons. The highest BCUT2D eigenvalue weighted by atomic mass is 79.9. The Morgan fingerprint density at radius 1 is 1.50 bits per heavy atom. The number of hydrogen-bond acceptors (Lipinski definition) is 5. The minimum atomic E-state index is -1.65. The summed E-state index contributed by atoms with van der Waals surface area (Å²) in [6.07, 6.45) is 1.94. The highest BCUT2D eigenvalue weighted by Gasteiger charge is 2.45. The molecule has 1 heterocycles. The maximum Gasteiger partial charge on any atom is 0.327 e. The SMILES string of the molecule is CCOCC(C=O)(C(=O)OCC)c1ncc(Br)cc1Cl. The number of carbonyl (C=O) groups excluding carboxylic acids is 2. The van der Waals surface area contributed by atoms with Gasteiger partial charge in [-0.3, -0.25) is 9.78 Å². The first-order valence-corrected chi connectivity index (χ1v) is 7.21. The quantitative estimate of drug-likeness (QED) is 0.422. The number of ether oxygens (including phenoxy) is 2. The van der Waals surface area contributed by atoms with Gasteiger partial charge in [-0.25, -0.2) is 0 Å². The zero-order valence-corrected chi connectivity index (χ0v) is 13.5. The Hall–Kier alpha value is -0.980. The van der Waals surface area contributed by atoms with Gasteiger partial charge in [0.2, 0.25) is 0 Å². The highest BCUT2D eigenvalue weighted by molar-refractivity contribution is 9.10. The molecule has 0 aromatic carbocycles. The van der Waals surface area contributed by atoms with E-state index in [0.29, 0.717) is 17.4 Å². The second-order valence-electron chi connectivity index (χ2n) is 3.93. The first-order valence-electron chi connectivity index (χ1n) is 6.04. The van der Waals surface area contributed by atoms with Crippen LogP contribution < -0.4 is 0 Å². The van der Waals surface area contributed by atoms with E-state index in [4.69, 9.17) is 21.1 Å². The van der Waals surface area contributed by atoms with Crippen LogP contribution in [0.25, 0.3) is 0 Å². The van der Waals surface area contributed by atoms with Crippen LogP contribution in [0.2, 0.25) is 5.02 Å². The molecule has 0 spiro atoms. The van der Waals surface area contributed by atoms with Gasteiger partial charge in [-0.1, -0.05) is 11.6 Å². The summed E-state index contributed by atoms with van der Waals surface area (Å²) in [5.41, 5.74) is -1.52. The van der Waals surface area contributed by atoms with E-state index in [1.165, 1.54) is 6.20 Å². The summed E-state index contributed by atoms with van der Waals surface area (Å²) in [5, 5.41) is 0.194. The van der Waals surface area contributed by atoms with Crippen LogP contribution in [-0.2, 0) is 24.5 Å². The Morgan fingerprint density at radius 3 is 2.70 bits per heavy atom. The van der Waals surface area contributed by atoms with Crippen molar-refractivity contribution in [3.05, 3.63) is 27.5 Å². The number of halogens is 2. The van der Waals surface area contributed by atoms with Crippen molar-refractivity contribution in [3.8, 4) is 0 Å². The molecule has 0 saturated heterocycles. The lowest BCUT2D eigenvalue weighted by Gasteiger charge is -2.25. The summed E-state index contributed by atoms with van der Waals surface area (Å²) in [5.74, 6) is -0.722. The average molecular weight is 365 g/mol. The number of nitrogens with zero attached hydrogens (tertiary/aromatic N) is 1. The third-order valence-electron chi connectivity index (χ3n) is 2.61. The van der Waals surface area contributed by atoms with E-state index in [1.807, 2.05) is 0 Å². The van der Waals surface area contributed by atoms with Crippen molar-refractivity contribution in [3.63, 3.8) is 0 Å². The van der Waals surface area contributed by atoms with E-state index >= 15 is 0 Å². The molecule has 110 valence electrons. The number of esters is 1. The van der Waals surface area contributed by atoms with Crippen LogP contribution in [0, 0.1) is 0 Å². The fourth-order valence-electron chi connectivity index (χ4n) is 1.63. The number of aldehydes is 1. The second-order valence-corrected chi connectivity index (χ2v) is 5.25. The second kappa shape index (κ2) is 7.71. The average Bonchev–Trinajstić information content (AvgIpc) is 2.42. The standard InChI is InChI=1S/C13H15BrClNO4/c1-3-19-8-13(7-17,12(18)20-4-2)11-10(15)5-9(14)6-16-11/h5-7H,3-4,8H2,1-2H3. The molecule has 0 N–H and O–H groups in total. The molecule has 5 nitrogen and oxygen atoms in total. The molecule has 0 aliphatic rings. The third kappa shape index (κ3) is 3.56. The molecular formula is C13H15BrClNO4. The van der Waals surface area contributed by atoms with E-state index < -0.39 is 11.4 Å². The largest absolute Gasteiger partial charge is 0.465 e. The first kappa shape index (κ1) is 17.1. The lowest BCUT2D eigenvalue weighted by molar-refractivity contribution is -0.154. The summed E-state index contributed by atoms with van der Waals surface area (Å²) in [6, 6.07) is 1.56. The molecule has 0 fully saturated rings. The molecule has 1 unspecified atom stereocenters. The number of rotatable bonds is 7. The molecule has 1 atom stereocenters. The lowest BCUT2D eigenvalue weighted by Crippen LogP contribution is -2.44. The van der Waals surface area contributed by atoms with Crippen molar-refractivity contribution >= 4 is 39.8 Å². The Kier molecular flexibility index (Phi) is 6.58. The molecule has 1 rings (SSSR count). The van der Waals surface area contributed by atoms with Crippen molar-refractivity contribution in [1.29, 1.82) is 0 Å². The molecule has 1 aromatic heterocycles. The lowest BCUT2D eigenvalue weighted by atomic mass is 9.86. The normalized spacial score (nSPS) is 13.6. The van der Waals surface area contributed by atoms with Crippen molar-refractivity contribution in [2.45, 2.75) is 19.3 Å². The first-order chi connectivity index (χ1) is 9.51. The molecular weight excluding hydrogens is 350 g/mol. The number of hydrogen-bond donors (Lipinski definition) is 0. The minimum Gasteiger partial charge on any atom is -0.465 e. The number of carbonyl (C=O) groups is 2. The Bertz CT molecular complexity index is 497. The van der Waals surface area contributed by atoms with E-state index in [1.54, 1.807) is 19.9 Å². The summed E-state index contributed by atoms with van der Waals surface area (Å²) < 4.78 is 10.9. The van der Waals surface area contributed by atoms with Crippen LogP contribution in [0.5, 0.6) is 0 Å². The van der Waals surface area contributed by atoms with Gasteiger partial charge in [0.1, 0.15) is 6.29 Å². The molecule has 20 heavy (non-hydrogen) atoms. The summed E-state index contributed by atoms with van der Waals surface area (Å²) in [6.45, 7) is 3.75. The summed E-state index contributed by atoms with van der Waals surface area (Å²) >= 11 is 9.32. The van der Waals surface area contributed by atoms with E-state index in [2.05, 4.69) is 20.9 Å². The van der Waals surface area contributed by atoms with Crippen LogP contribution in [0.15, 0.2) is 16.7 Å². The molecule has 0 bridgehead atoms. The van der Waals surface area contributed by atoms with Gasteiger partial charge >= 0.3 is 5.97 Å². The smallest absolute Gasteiger partial charge is 0.327 e. The van der Waals surface area contributed by atoms with Gasteiger partial charge < -0.3 is 14.3 Å². The Balaban J connectivity index is 3.33.